The Kier molecular flexibility index (Phi) is 6.19. The van der Waals surface area contributed by atoms with E-state index >= 15 is 0 Å². The highest BCUT2D eigenvalue weighted by Gasteiger charge is 2.34. The molecule has 0 aliphatic heterocycles. The van der Waals surface area contributed by atoms with Crippen LogP contribution in [0.2, 0.25) is 0 Å². The van der Waals surface area contributed by atoms with E-state index in [2.05, 4.69) is 5.32 Å². The number of carbonyl (C=O) groups excluding carboxylic acids is 1. The van der Waals surface area contributed by atoms with Gasteiger partial charge in [0, 0.05) is 11.1 Å². The van der Waals surface area contributed by atoms with Crippen molar-refractivity contribution in [3.63, 3.8) is 0 Å². The van der Waals surface area contributed by atoms with Crippen LogP contribution in [-0.2, 0) is 6.18 Å². The average molecular weight is 293 g/mol. The van der Waals surface area contributed by atoms with Crippen molar-refractivity contribution in [1.82, 2.24) is 5.32 Å². The van der Waals surface area contributed by atoms with Gasteiger partial charge in [0.15, 0.2) is 0 Å². The number of alkyl halides is 3. The summed E-state index contributed by atoms with van der Waals surface area (Å²) in [6, 6.07) is 2.17. The second-order valence-electron chi connectivity index (χ2n) is 4.90. The smallest absolute Gasteiger partial charge is 0.347 e. The van der Waals surface area contributed by atoms with Gasteiger partial charge < -0.3 is 5.32 Å². The Hall–Kier alpha value is -1.59. The highest BCUT2D eigenvalue weighted by molar-refractivity contribution is 5.94. The molecule has 2 nitrogen and oxygen atoms in total. The molecule has 1 rings (SSSR count). The monoisotopic (exact) mass is 293 g/mol. The minimum absolute atomic E-state index is 0.223. The largest absolute Gasteiger partial charge is 0.419 e. The summed E-state index contributed by atoms with van der Waals surface area (Å²) in [5, 5.41) is 2.50. The second kappa shape index (κ2) is 6.72. The molecular formula is C14H19F4NO. The third-order valence-electron chi connectivity index (χ3n) is 2.02. The fraction of sp³-hybridized carbons (Fsp3) is 0.500. The molecule has 1 aromatic carbocycles. The van der Waals surface area contributed by atoms with E-state index in [4.69, 9.17) is 0 Å². The fourth-order valence-electron chi connectivity index (χ4n) is 1.30. The van der Waals surface area contributed by atoms with E-state index < -0.39 is 29.0 Å². The van der Waals surface area contributed by atoms with Gasteiger partial charge in [0.1, 0.15) is 5.82 Å². The molecule has 1 N–H and O–H groups in total. The van der Waals surface area contributed by atoms with Gasteiger partial charge >= 0.3 is 6.18 Å². The van der Waals surface area contributed by atoms with Crippen molar-refractivity contribution in [2.45, 2.75) is 46.3 Å². The Morgan fingerprint density at radius 1 is 1.10 bits per heavy atom. The van der Waals surface area contributed by atoms with Crippen molar-refractivity contribution >= 4 is 5.91 Å². The summed E-state index contributed by atoms with van der Waals surface area (Å²) < 4.78 is 50.4. The second-order valence-corrected chi connectivity index (χ2v) is 4.90. The van der Waals surface area contributed by atoms with Gasteiger partial charge in [-0.1, -0.05) is 13.8 Å². The number of benzene rings is 1. The summed E-state index contributed by atoms with van der Waals surface area (Å²) in [6.45, 7) is 9.08. The molecule has 20 heavy (non-hydrogen) atoms. The lowest BCUT2D eigenvalue weighted by Gasteiger charge is -2.20. The standard InChI is InChI=1S/C12H13F4NO.C2H6/c1-11(2,3)17-10(18)7-4-5-9(13)8(6-7)12(14,15)16;1-2/h4-6H,1-3H3,(H,17,18);1-2H3. The lowest BCUT2D eigenvalue weighted by molar-refractivity contribution is -0.140. The molecule has 0 atom stereocenters. The molecule has 0 spiro atoms. The zero-order valence-corrected chi connectivity index (χ0v) is 12.2. The number of rotatable bonds is 1. The molecular weight excluding hydrogens is 274 g/mol. The number of halogens is 4. The quantitative estimate of drug-likeness (QED) is 0.764. The van der Waals surface area contributed by atoms with Crippen LogP contribution in [0.4, 0.5) is 17.6 Å². The Morgan fingerprint density at radius 3 is 2.00 bits per heavy atom. The van der Waals surface area contributed by atoms with E-state index in [-0.39, 0.29) is 5.56 Å². The van der Waals surface area contributed by atoms with E-state index in [1.807, 2.05) is 13.8 Å². The minimum atomic E-state index is -4.82. The first-order chi connectivity index (χ1) is 9.00. The summed E-state index contributed by atoms with van der Waals surface area (Å²) in [6.07, 6.45) is -4.82. The van der Waals surface area contributed by atoms with Gasteiger partial charge in [-0.05, 0) is 39.0 Å². The van der Waals surface area contributed by atoms with Gasteiger partial charge in [-0.15, -0.1) is 0 Å². The Balaban J connectivity index is 0.00000172. The van der Waals surface area contributed by atoms with Crippen LogP contribution in [0, 0.1) is 5.82 Å². The molecule has 0 heterocycles. The van der Waals surface area contributed by atoms with Crippen molar-refractivity contribution < 1.29 is 22.4 Å². The summed E-state index contributed by atoms with van der Waals surface area (Å²) >= 11 is 0. The summed E-state index contributed by atoms with van der Waals surface area (Å²) in [7, 11) is 0. The zero-order valence-electron chi connectivity index (χ0n) is 12.2. The Labute approximate surface area is 116 Å². The first kappa shape index (κ1) is 18.4. The first-order valence-corrected chi connectivity index (χ1v) is 6.20. The summed E-state index contributed by atoms with van der Waals surface area (Å²) in [5.41, 5.74) is -2.24. The average Bonchev–Trinajstić information content (AvgIpc) is 2.28. The maximum Gasteiger partial charge on any atom is 0.419 e. The molecule has 0 fully saturated rings. The van der Waals surface area contributed by atoms with Gasteiger partial charge in [0.2, 0.25) is 0 Å². The molecule has 114 valence electrons. The summed E-state index contributed by atoms with van der Waals surface area (Å²) in [5.74, 6) is -2.07. The lowest BCUT2D eigenvalue weighted by Crippen LogP contribution is -2.40. The third-order valence-corrected chi connectivity index (χ3v) is 2.02. The van der Waals surface area contributed by atoms with Crippen molar-refractivity contribution in [1.29, 1.82) is 0 Å². The van der Waals surface area contributed by atoms with E-state index in [0.29, 0.717) is 12.1 Å². The Morgan fingerprint density at radius 2 is 1.60 bits per heavy atom. The van der Waals surface area contributed by atoms with Crippen molar-refractivity contribution in [3.05, 3.63) is 35.1 Å². The van der Waals surface area contributed by atoms with E-state index in [1.54, 1.807) is 20.8 Å². The van der Waals surface area contributed by atoms with Gasteiger partial charge in [0.25, 0.3) is 5.91 Å². The van der Waals surface area contributed by atoms with Gasteiger partial charge in [-0.3, -0.25) is 4.79 Å². The van der Waals surface area contributed by atoms with Crippen molar-refractivity contribution in [2.75, 3.05) is 0 Å². The number of hydrogen-bond acceptors (Lipinski definition) is 1. The molecule has 1 amide bonds. The molecule has 0 aliphatic rings. The van der Waals surface area contributed by atoms with Crippen molar-refractivity contribution in [3.8, 4) is 0 Å². The van der Waals surface area contributed by atoms with E-state index in [0.717, 1.165) is 6.07 Å². The topological polar surface area (TPSA) is 29.1 Å². The SMILES string of the molecule is CC.CC(C)(C)NC(=O)c1ccc(F)c(C(F)(F)F)c1. The van der Waals surface area contributed by atoms with Crippen LogP contribution in [0.5, 0.6) is 0 Å². The predicted molar refractivity (Wildman–Crippen MR) is 70.0 cm³/mol. The molecule has 0 aliphatic carbocycles. The zero-order chi connectivity index (χ0) is 16.1. The minimum Gasteiger partial charge on any atom is -0.347 e. The number of hydrogen-bond donors (Lipinski definition) is 1. The maximum absolute atomic E-state index is 13.0. The molecule has 0 bridgehead atoms. The highest BCUT2D eigenvalue weighted by atomic mass is 19.4. The number of carbonyl (C=O) groups is 1. The van der Waals surface area contributed by atoms with Crippen LogP contribution < -0.4 is 5.32 Å². The van der Waals surface area contributed by atoms with Crippen LogP contribution in [0.25, 0.3) is 0 Å². The van der Waals surface area contributed by atoms with Gasteiger partial charge in [-0.2, -0.15) is 13.2 Å². The molecule has 6 heteroatoms. The van der Waals surface area contributed by atoms with E-state index in [9.17, 15) is 22.4 Å². The molecule has 0 saturated heterocycles. The Bertz CT molecular complexity index is 461. The van der Waals surface area contributed by atoms with Gasteiger partial charge in [0.05, 0.1) is 5.56 Å². The first-order valence-electron chi connectivity index (χ1n) is 6.20. The van der Waals surface area contributed by atoms with Crippen LogP contribution >= 0.6 is 0 Å². The number of amides is 1. The molecule has 0 radical (unpaired) electrons. The molecule has 0 aromatic heterocycles. The fourth-order valence-corrected chi connectivity index (χ4v) is 1.30. The molecule has 1 aromatic rings. The normalized spacial score (nSPS) is 11.4. The molecule has 0 saturated carbocycles. The number of nitrogens with one attached hydrogen (secondary N) is 1. The third kappa shape index (κ3) is 5.59. The van der Waals surface area contributed by atoms with Crippen LogP contribution in [0.15, 0.2) is 18.2 Å². The summed E-state index contributed by atoms with van der Waals surface area (Å²) in [4.78, 5) is 11.6. The van der Waals surface area contributed by atoms with Crippen LogP contribution in [0.3, 0.4) is 0 Å². The van der Waals surface area contributed by atoms with Gasteiger partial charge in [-0.25, -0.2) is 4.39 Å². The molecule has 0 unspecified atom stereocenters. The van der Waals surface area contributed by atoms with E-state index in [1.165, 1.54) is 0 Å². The van der Waals surface area contributed by atoms with Crippen LogP contribution in [-0.4, -0.2) is 11.4 Å². The predicted octanol–water partition coefficient (Wildman–Crippen LogP) is 4.40. The maximum atomic E-state index is 13.0. The van der Waals surface area contributed by atoms with Crippen LogP contribution in [0.1, 0.15) is 50.5 Å². The van der Waals surface area contributed by atoms with Crippen molar-refractivity contribution in [2.24, 2.45) is 0 Å². The lowest BCUT2D eigenvalue weighted by atomic mass is 10.1. The highest BCUT2D eigenvalue weighted by Crippen LogP contribution is 2.31.